The van der Waals surface area contributed by atoms with E-state index in [1.165, 1.54) is 0 Å². The smallest absolute Gasteiger partial charge is 0.407 e. The van der Waals surface area contributed by atoms with Crippen molar-refractivity contribution in [1.29, 1.82) is 0 Å². The fourth-order valence-electron chi connectivity index (χ4n) is 3.21. The summed E-state index contributed by atoms with van der Waals surface area (Å²) in [7, 11) is 0. The molecule has 0 saturated carbocycles. The van der Waals surface area contributed by atoms with Gasteiger partial charge in [0.1, 0.15) is 11.4 Å². The van der Waals surface area contributed by atoms with Gasteiger partial charge in [0.2, 0.25) is 0 Å². The number of ether oxygens (including phenoxy) is 2. The molecule has 0 bridgehead atoms. The molecule has 8 nitrogen and oxygen atoms in total. The molecule has 2 heterocycles. The quantitative estimate of drug-likeness (QED) is 0.211. The number of carbonyl (C=O) groups excluding carboxylic acids is 1. The molecular weight excluding hydrogens is 511 g/mol. The highest BCUT2D eigenvalue weighted by Crippen LogP contribution is 2.14. The summed E-state index contributed by atoms with van der Waals surface area (Å²) in [5.74, 6) is 1.92. The highest BCUT2D eigenvalue weighted by molar-refractivity contribution is 14.0. The fourth-order valence-corrected chi connectivity index (χ4v) is 3.21. The standard InChI is InChI=1S/C22H38N4O4.HI/c1-5-23-20(24-13-9-18-8-6-16-28-18)26-14-10-19(11-15-26)29-17-7-12-25-21(27)30-22(2,3)4;/h6,8,16,19H,5,7,9-15,17H2,1-4H3,(H,23,24)(H,25,27);1H. The molecule has 2 rings (SSSR count). The van der Waals surface area contributed by atoms with Crippen LogP contribution in [0.4, 0.5) is 4.79 Å². The number of amides is 1. The molecule has 178 valence electrons. The third kappa shape index (κ3) is 11.6. The molecule has 0 atom stereocenters. The van der Waals surface area contributed by atoms with Crippen molar-refractivity contribution in [3.8, 4) is 0 Å². The molecule has 1 saturated heterocycles. The number of nitrogens with one attached hydrogen (secondary N) is 2. The Morgan fingerprint density at radius 3 is 2.65 bits per heavy atom. The minimum absolute atomic E-state index is 0. The van der Waals surface area contributed by atoms with E-state index in [2.05, 4.69) is 22.5 Å². The van der Waals surface area contributed by atoms with Gasteiger partial charge in [-0.25, -0.2) is 4.79 Å². The molecule has 0 aliphatic carbocycles. The van der Waals surface area contributed by atoms with E-state index in [4.69, 9.17) is 18.9 Å². The van der Waals surface area contributed by atoms with E-state index in [0.29, 0.717) is 19.7 Å². The summed E-state index contributed by atoms with van der Waals surface area (Å²) >= 11 is 0. The number of carbonyl (C=O) groups is 1. The number of aliphatic imine (C=N–C) groups is 1. The lowest BCUT2D eigenvalue weighted by Gasteiger charge is -2.34. The molecule has 1 fully saturated rings. The lowest BCUT2D eigenvalue weighted by Crippen LogP contribution is -2.47. The Labute approximate surface area is 203 Å². The SMILES string of the molecule is CCNC(=NCCc1ccco1)N1CCC(OCCCNC(=O)OC(C)(C)C)CC1.I. The van der Waals surface area contributed by atoms with E-state index < -0.39 is 5.60 Å². The number of furan rings is 1. The minimum atomic E-state index is -0.470. The molecule has 0 radical (unpaired) electrons. The van der Waals surface area contributed by atoms with Crippen LogP contribution in [-0.4, -0.2) is 68.0 Å². The first-order chi connectivity index (χ1) is 14.4. The predicted molar refractivity (Wildman–Crippen MR) is 133 cm³/mol. The molecule has 1 amide bonds. The molecule has 31 heavy (non-hydrogen) atoms. The highest BCUT2D eigenvalue weighted by Gasteiger charge is 2.22. The topological polar surface area (TPSA) is 88.3 Å². The average Bonchev–Trinajstić information content (AvgIpc) is 3.20. The van der Waals surface area contributed by atoms with Crippen LogP contribution < -0.4 is 10.6 Å². The van der Waals surface area contributed by atoms with Crippen molar-refractivity contribution in [1.82, 2.24) is 15.5 Å². The molecule has 0 aromatic carbocycles. The number of alkyl carbamates (subject to hydrolysis) is 1. The number of rotatable bonds is 9. The van der Waals surface area contributed by atoms with Crippen LogP contribution in [0.15, 0.2) is 27.8 Å². The third-order valence-corrected chi connectivity index (χ3v) is 4.62. The van der Waals surface area contributed by atoms with Gasteiger partial charge < -0.3 is 29.4 Å². The maximum Gasteiger partial charge on any atom is 0.407 e. The monoisotopic (exact) mass is 550 g/mol. The lowest BCUT2D eigenvalue weighted by molar-refractivity contribution is 0.0170. The summed E-state index contributed by atoms with van der Waals surface area (Å²) in [5.41, 5.74) is -0.470. The Morgan fingerprint density at radius 1 is 1.29 bits per heavy atom. The molecular formula is C22H39IN4O4. The van der Waals surface area contributed by atoms with Crippen molar-refractivity contribution in [2.24, 2.45) is 4.99 Å². The molecule has 1 aliphatic rings. The Hall–Kier alpha value is -1.49. The number of likely N-dealkylation sites (tertiary alicyclic amines) is 1. The Bertz CT molecular complexity index is 638. The summed E-state index contributed by atoms with van der Waals surface area (Å²) in [6.45, 7) is 12.2. The van der Waals surface area contributed by atoms with Gasteiger partial charge in [-0.15, -0.1) is 24.0 Å². The summed E-state index contributed by atoms with van der Waals surface area (Å²) in [5, 5.41) is 6.15. The molecule has 2 N–H and O–H groups in total. The van der Waals surface area contributed by atoms with E-state index in [9.17, 15) is 4.79 Å². The van der Waals surface area contributed by atoms with E-state index in [1.807, 2.05) is 32.9 Å². The number of piperidine rings is 1. The largest absolute Gasteiger partial charge is 0.469 e. The van der Waals surface area contributed by atoms with Gasteiger partial charge in [-0.3, -0.25) is 4.99 Å². The zero-order valence-electron chi connectivity index (χ0n) is 19.3. The van der Waals surface area contributed by atoms with Crippen LogP contribution in [0.3, 0.4) is 0 Å². The first-order valence-electron chi connectivity index (χ1n) is 11.0. The highest BCUT2D eigenvalue weighted by atomic mass is 127. The molecule has 1 aromatic rings. The van der Waals surface area contributed by atoms with Gasteiger partial charge in [0.15, 0.2) is 5.96 Å². The van der Waals surface area contributed by atoms with E-state index >= 15 is 0 Å². The number of halogens is 1. The van der Waals surface area contributed by atoms with Crippen LogP contribution in [-0.2, 0) is 15.9 Å². The fraction of sp³-hybridized carbons (Fsp3) is 0.727. The number of hydrogen-bond donors (Lipinski definition) is 2. The van der Waals surface area contributed by atoms with Gasteiger partial charge in [-0.2, -0.15) is 0 Å². The van der Waals surface area contributed by atoms with Crippen LogP contribution in [0.2, 0.25) is 0 Å². The van der Waals surface area contributed by atoms with Gasteiger partial charge in [0, 0.05) is 45.8 Å². The zero-order valence-corrected chi connectivity index (χ0v) is 21.6. The zero-order chi connectivity index (χ0) is 21.8. The third-order valence-electron chi connectivity index (χ3n) is 4.62. The summed E-state index contributed by atoms with van der Waals surface area (Å²) in [6, 6.07) is 3.89. The molecule has 9 heteroatoms. The van der Waals surface area contributed by atoms with E-state index in [-0.39, 0.29) is 36.2 Å². The van der Waals surface area contributed by atoms with Gasteiger partial charge in [-0.05, 0) is 59.1 Å². The van der Waals surface area contributed by atoms with E-state index in [1.54, 1.807) is 6.26 Å². The first kappa shape index (κ1) is 27.5. The Balaban J connectivity index is 0.00000480. The molecule has 1 aromatic heterocycles. The summed E-state index contributed by atoms with van der Waals surface area (Å²) in [4.78, 5) is 18.7. The number of nitrogens with zero attached hydrogens (tertiary/aromatic N) is 2. The van der Waals surface area contributed by atoms with E-state index in [0.717, 1.165) is 57.0 Å². The van der Waals surface area contributed by atoms with Gasteiger partial charge in [0.05, 0.1) is 12.4 Å². The molecule has 0 spiro atoms. The Kier molecular flexibility index (Phi) is 12.9. The van der Waals surface area contributed by atoms with Crippen molar-refractivity contribution in [2.75, 3.05) is 39.3 Å². The normalized spacial score (nSPS) is 15.4. The van der Waals surface area contributed by atoms with Crippen molar-refractivity contribution < 1.29 is 18.7 Å². The second-order valence-electron chi connectivity index (χ2n) is 8.40. The minimum Gasteiger partial charge on any atom is -0.469 e. The summed E-state index contributed by atoms with van der Waals surface area (Å²) < 4.78 is 16.6. The lowest BCUT2D eigenvalue weighted by atomic mass is 10.1. The van der Waals surface area contributed by atoms with Crippen molar-refractivity contribution in [3.63, 3.8) is 0 Å². The summed E-state index contributed by atoms with van der Waals surface area (Å²) in [6.07, 6.45) is 5.11. The second kappa shape index (κ2) is 14.5. The Morgan fingerprint density at radius 2 is 2.03 bits per heavy atom. The number of guanidine groups is 1. The van der Waals surface area contributed by atoms with Crippen molar-refractivity contribution in [3.05, 3.63) is 24.2 Å². The van der Waals surface area contributed by atoms with Gasteiger partial charge in [-0.1, -0.05) is 0 Å². The maximum atomic E-state index is 11.6. The average molecular weight is 550 g/mol. The van der Waals surface area contributed by atoms with Crippen LogP contribution >= 0.6 is 24.0 Å². The predicted octanol–water partition coefficient (Wildman–Crippen LogP) is 3.80. The van der Waals surface area contributed by atoms with Crippen LogP contribution in [0.25, 0.3) is 0 Å². The number of hydrogen-bond acceptors (Lipinski definition) is 5. The van der Waals surface area contributed by atoms with Crippen molar-refractivity contribution >= 4 is 36.0 Å². The molecule has 0 unspecified atom stereocenters. The van der Waals surface area contributed by atoms with Crippen LogP contribution in [0.1, 0.15) is 52.7 Å². The van der Waals surface area contributed by atoms with Crippen molar-refractivity contribution in [2.45, 2.75) is 65.1 Å². The van der Waals surface area contributed by atoms with Crippen LogP contribution in [0, 0.1) is 0 Å². The van der Waals surface area contributed by atoms with Gasteiger partial charge >= 0.3 is 6.09 Å². The first-order valence-corrected chi connectivity index (χ1v) is 11.0. The molecule has 1 aliphatic heterocycles. The maximum absolute atomic E-state index is 11.6. The van der Waals surface area contributed by atoms with Gasteiger partial charge in [0.25, 0.3) is 0 Å². The van der Waals surface area contributed by atoms with Crippen LogP contribution in [0.5, 0.6) is 0 Å². The second-order valence-corrected chi connectivity index (χ2v) is 8.40.